The lowest BCUT2D eigenvalue weighted by Crippen LogP contribution is -2.35. The molecule has 1 heterocycles. The zero-order valence-corrected chi connectivity index (χ0v) is 21.6. The first-order chi connectivity index (χ1) is 15.3. The van der Waals surface area contributed by atoms with Crippen molar-refractivity contribution in [1.29, 1.82) is 0 Å². The molecule has 0 atom stereocenters. The smallest absolute Gasteiger partial charge is 0.186 e. The average molecular weight is 468 g/mol. The maximum Gasteiger partial charge on any atom is 0.186 e. The van der Waals surface area contributed by atoms with Crippen molar-refractivity contribution in [2.45, 2.75) is 53.4 Å². The summed E-state index contributed by atoms with van der Waals surface area (Å²) in [6.07, 6.45) is 14.0. The molecule has 6 nitrogen and oxygen atoms in total. The summed E-state index contributed by atoms with van der Waals surface area (Å²) in [5.74, 6) is 0.287. The Hall–Kier alpha value is -1.83. The van der Waals surface area contributed by atoms with Crippen molar-refractivity contribution in [1.82, 2.24) is 10.2 Å². The van der Waals surface area contributed by atoms with Crippen molar-refractivity contribution in [3.63, 3.8) is 0 Å². The molecule has 32 heavy (non-hydrogen) atoms. The molecular formula is C25H45N3O3S. The van der Waals surface area contributed by atoms with E-state index in [0.717, 1.165) is 50.3 Å². The van der Waals surface area contributed by atoms with Crippen LogP contribution in [-0.4, -0.2) is 61.9 Å². The van der Waals surface area contributed by atoms with Crippen molar-refractivity contribution in [3.05, 3.63) is 47.9 Å². The number of aldehydes is 1. The average Bonchev–Trinajstić information content (AvgIpc) is 2.76. The first-order valence-electron chi connectivity index (χ1n) is 11.2. The van der Waals surface area contributed by atoms with E-state index in [-0.39, 0.29) is 10.9 Å². The van der Waals surface area contributed by atoms with Gasteiger partial charge in [0.1, 0.15) is 6.29 Å². The predicted molar refractivity (Wildman–Crippen MR) is 140 cm³/mol. The van der Waals surface area contributed by atoms with Gasteiger partial charge in [-0.15, -0.1) is 6.58 Å². The minimum Gasteiger partial charge on any atom is -0.402 e. The van der Waals surface area contributed by atoms with Crippen LogP contribution in [0.3, 0.4) is 0 Å². The highest BCUT2D eigenvalue weighted by molar-refractivity contribution is 8.14. The first kappa shape index (κ1) is 32.4. The number of thioether (sulfide) groups is 1. The van der Waals surface area contributed by atoms with Crippen LogP contribution in [0.1, 0.15) is 53.4 Å². The van der Waals surface area contributed by atoms with Crippen LogP contribution >= 0.6 is 11.8 Å². The van der Waals surface area contributed by atoms with Gasteiger partial charge in [-0.1, -0.05) is 29.8 Å². The number of carbonyl (C=O) groups excluding carboxylic acids is 2. The van der Waals surface area contributed by atoms with E-state index in [0.29, 0.717) is 6.29 Å². The number of nitrogens with two attached hydrogens (primary N) is 1. The van der Waals surface area contributed by atoms with Crippen LogP contribution in [0, 0.1) is 0 Å². The van der Waals surface area contributed by atoms with Crippen molar-refractivity contribution in [3.8, 4) is 0 Å². The topological polar surface area (TPSA) is 84.7 Å². The van der Waals surface area contributed by atoms with Gasteiger partial charge in [0.25, 0.3) is 0 Å². The molecule has 1 rings (SSSR count). The summed E-state index contributed by atoms with van der Waals surface area (Å²) < 4.78 is 5.32. The van der Waals surface area contributed by atoms with Crippen LogP contribution in [0.2, 0.25) is 0 Å². The molecule has 0 bridgehead atoms. The number of nitrogens with zero attached hydrogens (tertiary/aromatic N) is 1. The standard InChI is InChI=1S/C12H20N2O.C9H19N.C4H6O2S/c1-3-4-12(6-5-11(2)13)14-7-9-15-10-8-14;1-9(2)7-5-4-6-8-10-3;1-4(6)7-3-2-5/h3-6H,7-10,13H2,1-2H3;10H,1,4-8H2,2-3H3;2H,3H2,1H3/b4-3-,11-5+,12-6+;;. The Morgan fingerprint density at radius 2 is 1.81 bits per heavy atom. The van der Waals surface area contributed by atoms with E-state index in [9.17, 15) is 9.59 Å². The third-order valence-electron chi connectivity index (χ3n) is 4.12. The molecule has 0 saturated carbocycles. The molecule has 0 aromatic carbocycles. The van der Waals surface area contributed by atoms with Crippen LogP contribution < -0.4 is 11.1 Å². The molecule has 1 aliphatic rings. The van der Waals surface area contributed by atoms with Crippen molar-refractivity contribution in [2.75, 3.05) is 45.6 Å². The summed E-state index contributed by atoms with van der Waals surface area (Å²) in [5, 5.41) is 3.13. The number of nitrogens with one attached hydrogen (secondary N) is 1. The fourth-order valence-corrected chi connectivity index (χ4v) is 2.83. The number of hydrogen-bond acceptors (Lipinski definition) is 7. The van der Waals surface area contributed by atoms with Crippen LogP contribution in [0.25, 0.3) is 0 Å². The van der Waals surface area contributed by atoms with Crippen LogP contribution in [0.4, 0.5) is 0 Å². The number of carbonyl (C=O) groups is 2. The van der Waals surface area contributed by atoms with Crippen molar-refractivity contribution < 1.29 is 14.3 Å². The van der Waals surface area contributed by atoms with Crippen molar-refractivity contribution >= 4 is 23.2 Å². The number of rotatable bonds is 11. The molecule has 0 aromatic heterocycles. The minimum absolute atomic E-state index is 0.00731. The maximum absolute atomic E-state index is 10.0. The number of allylic oxidation sites excluding steroid dienone is 6. The Morgan fingerprint density at radius 1 is 1.16 bits per heavy atom. The molecule has 0 aliphatic carbocycles. The minimum atomic E-state index is -0.00731. The molecule has 0 spiro atoms. The van der Waals surface area contributed by atoms with E-state index in [1.165, 1.54) is 43.9 Å². The second-order valence-corrected chi connectivity index (χ2v) is 8.64. The van der Waals surface area contributed by atoms with E-state index in [2.05, 4.69) is 35.9 Å². The SMILES string of the molecule is C=C(C)CCCCCNC.CC(=O)SCC=O.C\C=C/C(=C\C=C(/C)N)N1CCOCC1. The highest BCUT2D eigenvalue weighted by Gasteiger charge is 2.10. The zero-order chi connectivity index (χ0) is 24.6. The molecule has 0 radical (unpaired) electrons. The Kier molecular flexibility index (Phi) is 24.1. The summed E-state index contributed by atoms with van der Waals surface area (Å²) in [6, 6.07) is 0. The number of morpholine rings is 1. The monoisotopic (exact) mass is 467 g/mol. The second-order valence-electron chi connectivity index (χ2n) is 7.44. The van der Waals surface area contributed by atoms with Crippen molar-refractivity contribution in [2.24, 2.45) is 5.73 Å². The summed E-state index contributed by atoms with van der Waals surface area (Å²) in [5.41, 5.74) is 8.95. The summed E-state index contributed by atoms with van der Waals surface area (Å²) in [6.45, 7) is 16.0. The van der Waals surface area contributed by atoms with Gasteiger partial charge in [0.05, 0.1) is 19.0 Å². The number of ether oxygens (including phenoxy) is 1. The van der Waals surface area contributed by atoms with E-state index < -0.39 is 0 Å². The van der Waals surface area contributed by atoms with E-state index in [1.807, 2.05) is 33.0 Å². The molecule has 0 unspecified atom stereocenters. The van der Waals surface area contributed by atoms with Gasteiger partial charge in [0, 0.05) is 31.4 Å². The zero-order valence-electron chi connectivity index (χ0n) is 20.8. The fourth-order valence-electron chi connectivity index (χ4n) is 2.53. The molecule has 3 N–H and O–H groups in total. The van der Waals surface area contributed by atoms with E-state index in [4.69, 9.17) is 10.5 Å². The Labute approximate surface area is 200 Å². The van der Waals surface area contributed by atoms with Gasteiger partial charge in [-0.05, 0) is 71.9 Å². The Morgan fingerprint density at radius 3 is 2.25 bits per heavy atom. The third kappa shape index (κ3) is 24.4. The van der Waals surface area contributed by atoms with Gasteiger partial charge in [0.15, 0.2) is 5.12 Å². The third-order valence-corrected chi connectivity index (χ3v) is 4.82. The lowest BCUT2D eigenvalue weighted by atomic mass is 10.1. The summed E-state index contributed by atoms with van der Waals surface area (Å²) in [7, 11) is 2.00. The molecule has 0 amide bonds. The van der Waals surface area contributed by atoms with Crippen LogP contribution in [0.15, 0.2) is 47.9 Å². The maximum atomic E-state index is 10.0. The van der Waals surface area contributed by atoms with Crippen LogP contribution in [-0.2, 0) is 14.3 Å². The molecule has 7 heteroatoms. The molecular weight excluding hydrogens is 422 g/mol. The molecule has 184 valence electrons. The largest absolute Gasteiger partial charge is 0.402 e. The Bertz CT molecular complexity index is 591. The van der Waals surface area contributed by atoms with E-state index >= 15 is 0 Å². The Balaban J connectivity index is 0. The first-order valence-corrected chi connectivity index (χ1v) is 12.2. The molecule has 1 saturated heterocycles. The quantitative estimate of drug-likeness (QED) is 0.201. The van der Waals surface area contributed by atoms with E-state index in [1.54, 1.807) is 0 Å². The van der Waals surface area contributed by atoms with Gasteiger partial charge in [-0.25, -0.2) is 0 Å². The highest BCUT2D eigenvalue weighted by Crippen LogP contribution is 2.10. The molecule has 0 aromatic rings. The summed E-state index contributed by atoms with van der Waals surface area (Å²) >= 11 is 1.02. The molecule has 1 fully saturated rings. The second kappa shape index (κ2) is 23.8. The lowest BCUT2D eigenvalue weighted by Gasteiger charge is -2.29. The normalized spacial score (nSPS) is 14.2. The van der Waals surface area contributed by atoms with Gasteiger partial charge in [-0.3, -0.25) is 4.79 Å². The number of unbranched alkanes of at least 4 members (excludes halogenated alkanes) is 2. The number of hydrogen-bond donors (Lipinski definition) is 2. The van der Waals surface area contributed by atoms with Gasteiger partial charge in [-0.2, -0.15) is 0 Å². The fraction of sp³-hybridized carbons (Fsp3) is 0.600. The lowest BCUT2D eigenvalue weighted by molar-refractivity contribution is -0.109. The summed E-state index contributed by atoms with van der Waals surface area (Å²) in [4.78, 5) is 21.9. The van der Waals surface area contributed by atoms with Gasteiger partial charge in [0.2, 0.25) is 0 Å². The van der Waals surface area contributed by atoms with Gasteiger partial charge >= 0.3 is 0 Å². The molecule has 1 aliphatic heterocycles. The predicted octanol–water partition coefficient (Wildman–Crippen LogP) is 4.45. The van der Waals surface area contributed by atoms with Gasteiger partial charge < -0.3 is 25.5 Å². The van der Waals surface area contributed by atoms with Crippen LogP contribution in [0.5, 0.6) is 0 Å². The highest BCUT2D eigenvalue weighted by atomic mass is 32.2.